The van der Waals surface area contributed by atoms with Crippen LogP contribution in [0.15, 0.2) is 60.7 Å². The van der Waals surface area contributed by atoms with E-state index in [0.717, 1.165) is 31.2 Å². The molecule has 0 bridgehead atoms. The van der Waals surface area contributed by atoms with Crippen molar-refractivity contribution in [1.82, 2.24) is 15.2 Å². The van der Waals surface area contributed by atoms with Gasteiger partial charge in [0.2, 0.25) is 5.91 Å². The lowest BCUT2D eigenvalue weighted by molar-refractivity contribution is -0.131. The van der Waals surface area contributed by atoms with Gasteiger partial charge in [0.25, 0.3) is 5.91 Å². The van der Waals surface area contributed by atoms with Crippen molar-refractivity contribution in [2.24, 2.45) is 5.73 Å². The molecule has 0 aliphatic carbocycles. The minimum Gasteiger partial charge on any atom is -0.369 e. The van der Waals surface area contributed by atoms with E-state index in [1.807, 2.05) is 18.2 Å². The fraction of sp³-hybridized carbons (Fsp3) is 0.333. The number of hydrogen-bond acceptors (Lipinski definition) is 6. The molecule has 4 rings (SSSR count). The van der Waals surface area contributed by atoms with Crippen molar-refractivity contribution in [2.45, 2.75) is 38.1 Å². The maximum absolute atomic E-state index is 13.6. The van der Waals surface area contributed by atoms with Gasteiger partial charge in [0.15, 0.2) is 0 Å². The molecule has 1 atom stereocenters. The molecule has 1 aliphatic rings. The number of pyridine rings is 1. The van der Waals surface area contributed by atoms with Crippen molar-refractivity contribution in [2.75, 3.05) is 31.5 Å². The van der Waals surface area contributed by atoms with Crippen LogP contribution in [0.2, 0.25) is 0 Å². The van der Waals surface area contributed by atoms with Crippen LogP contribution >= 0.6 is 0 Å². The normalized spacial score (nSPS) is 15.2. The number of nitriles is 1. The van der Waals surface area contributed by atoms with Crippen LogP contribution in [-0.4, -0.2) is 53.9 Å². The summed E-state index contributed by atoms with van der Waals surface area (Å²) in [4.78, 5) is 32.3. The van der Waals surface area contributed by atoms with E-state index in [9.17, 15) is 19.2 Å². The molecule has 1 fully saturated rings. The number of halogens is 1. The first-order chi connectivity index (χ1) is 19.0. The minimum absolute atomic E-state index is 0.0562. The summed E-state index contributed by atoms with van der Waals surface area (Å²) in [5, 5.41) is 15.8. The van der Waals surface area contributed by atoms with Gasteiger partial charge in [-0.05, 0) is 55.2 Å². The van der Waals surface area contributed by atoms with Gasteiger partial charge in [-0.1, -0.05) is 43.2 Å². The van der Waals surface area contributed by atoms with Gasteiger partial charge in [0.1, 0.15) is 11.6 Å². The lowest BCUT2D eigenvalue weighted by atomic mass is 10.0. The quantitative estimate of drug-likeness (QED) is 0.387. The van der Waals surface area contributed by atoms with Gasteiger partial charge < -0.3 is 21.3 Å². The second-order valence-corrected chi connectivity index (χ2v) is 9.56. The van der Waals surface area contributed by atoms with E-state index >= 15 is 0 Å². The molecule has 2 heterocycles. The van der Waals surface area contributed by atoms with Crippen LogP contribution in [0.25, 0.3) is 11.3 Å². The van der Waals surface area contributed by atoms with E-state index < -0.39 is 0 Å². The number of likely N-dealkylation sites (tertiary alicyclic amines) is 1. The van der Waals surface area contributed by atoms with Crippen LogP contribution < -0.4 is 16.4 Å². The number of carbonyl (C=O) groups excluding carboxylic acids is 2. The van der Waals surface area contributed by atoms with Gasteiger partial charge in [-0.3, -0.25) is 9.59 Å². The molecule has 9 heteroatoms. The molecule has 39 heavy (non-hydrogen) atoms. The van der Waals surface area contributed by atoms with E-state index in [2.05, 4.69) is 16.7 Å². The summed E-state index contributed by atoms with van der Waals surface area (Å²) in [7, 11) is 0. The number of aromatic nitrogens is 1. The highest BCUT2D eigenvalue weighted by atomic mass is 19.1. The summed E-state index contributed by atoms with van der Waals surface area (Å²) < 4.78 is 13.6. The van der Waals surface area contributed by atoms with E-state index in [0.29, 0.717) is 54.3 Å². The Morgan fingerprint density at radius 1 is 1.10 bits per heavy atom. The topological polar surface area (TPSA) is 124 Å². The van der Waals surface area contributed by atoms with E-state index in [-0.39, 0.29) is 30.2 Å². The first-order valence-electron chi connectivity index (χ1n) is 13.3. The van der Waals surface area contributed by atoms with Gasteiger partial charge in [-0.15, -0.1) is 0 Å². The number of nitrogens with one attached hydrogen (secondary N) is 2. The molecule has 1 unspecified atom stereocenters. The molecule has 1 aromatic heterocycles. The number of anilines is 1. The molecule has 2 aromatic carbocycles. The maximum atomic E-state index is 13.6. The van der Waals surface area contributed by atoms with E-state index in [4.69, 9.17) is 10.7 Å². The Labute approximate surface area is 228 Å². The number of benzene rings is 2. The molecule has 0 saturated carbocycles. The van der Waals surface area contributed by atoms with E-state index in [1.165, 1.54) is 12.1 Å². The lowest BCUT2D eigenvalue weighted by Crippen LogP contribution is -2.48. The monoisotopic (exact) mass is 528 g/mol. The van der Waals surface area contributed by atoms with Crippen molar-refractivity contribution >= 4 is 17.6 Å². The van der Waals surface area contributed by atoms with E-state index in [1.54, 1.807) is 35.2 Å². The van der Waals surface area contributed by atoms with Gasteiger partial charge in [-0.25, -0.2) is 9.37 Å². The summed E-state index contributed by atoms with van der Waals surface area (Å²) in [5.41, 5.74) is 8.48. The second kappa shape index (κ2) is 13.5. The molecule has 4 N–H and O–H groups in total. The fourth-order valence-corrected chi connectivity index (χ4v) is 4.89. The zero-order valence-electron chi connectivity index (χ0n) is 21.8. The summed E-state index contributed by atoms with van der Waals surface area (Å²) in [6.07, 6.45) is 4.26. The molecule has 0 radical (unpaired) electrons. The standard InChI is InChI=1S/C30H33FN6O2/c31-23-9-6-7-21(17-23)14-15-34-29-26(12-13-27(36-29)25-11-4-3-8-22(25)18-32)30(39)35-20-24-10-2-1-5-16-37(24)28(38)19-33/h3-4,6-9,11-13,17,24H,1-2,5,10,14-16,19-20,33H2,(H,34,36)(H,35,39). The Hall–Kier alpha value is -4.29. The van der Waals surface area contributed by atoms with Crippen molar-refractivity contribution in [3.63, 3.8) is 0 Å². The summed E-state index contributed by atoms with van der Waals surface area (Å²) in [6, 6.07) is 19.0. The molecular weight excluding hydrogens is 495 g/mol. The third-order valence-electron chi connectivity index (χ3n) is 6.93. The average molecular weight is 529 g/mol. The zero-order chi connectivity index (χ0) is 27.6. The highest BCUT2D eigenvalue weighted by molar-refractivity contribution is 5.99. The Morgan fingerprint density at radius 3 is 2.74 bits per heavy atom. The number of amides is 2. The lowest BCUT2D eigenvalue weighted by Gasteiger charge is -2.30. The number of nitrogens with two attached hydrogens (primary N) is 1. The third kappa shape index (κ3) is 7.18. The Bertz CT molecular complexity index is 1360. The Morgan fingerprint density at radius 2 is 1.95 bits per heavy atom. The predicted octanol–water partition coefficient (Wildman–Crippen LogP) is 3.87. The van der Waals surface area contributed by atoms with Crippen LogP contribution in [0.5, 0.6) is 0 Å². The zero-order valence-corrected chi connectivity index (χ0v) is 21.8. The smallest absolute Gasteiger partial charge is 0.255 e. The van der Waals surface area contributed by atoms with Crippen molar-refractivity contribution < 1.29 is 14.0 Å². The largest absolute Gasteiger partial charge is 0.369 e. The second-order valence-electron chi connectivity index (χ2n) is 9.56. The fourth-order valence-electron chi connectivity index (χ4n) is 4.89. The van der Waals surface area contributed by atoms with Crippen molar-refractivity contribution in [3.8, 4) is 17.3 Å². The molecule has 1 aliphatic heterocycles. The minimum atomic E-state index is -0.319. The van der Waals surface area contributed by atoms with Crippen LogP contribution in [0, 0.1) is 17.1 Å². The highest BCUT2D eigenvalue weighted by Crippen LogP contribution is 2.25. The summed E-state index contributed by atoms with van der Waals surface area (Å²) in [5.74, 6) is -0.371. The average Bonchev–Trinajstić information content (AvgIpc) is 3.21. The first-order valence-corrected chi connectivity index (χ1v) is 13.3. The highest BCUT2D eigenvalue weighted by Gasteiger charge is 2.25. The summed E-state index contributed by atoms with van der Waals surface area (Å²) >= 11 is 0. The molecular formula is C30H33FN6O2. The van der Waals surface area contributed by atoms with Crippen LogP contribution in [0.1, 0.15) is 47.2 Å². The van der Waals surface area contributed by atoms with Gasteiger partial charge in [0, 0.05) is 31.2 Å². The number of rotatable bonds is 9. The number of carbonyl (C=O) groups is 2. The SMILES string of the molecule is N#Cc1ccccc1-c1ccc(C(=O)NCC2CCCCCN2C(=O)CN)c(NCCc2cccc(F)c2)n1. The summed E-state index contributed by atoms with van der Waals surface area (Å²) in [6.45, 7) is 1.31. The maximum Gasteiger partial charge on any atom is 0.255 e. The van der Waals surface area contributed by atoms with Crippen LogP contribution in [0.4, 0.5) is 10.2 Å². The predicted molar refractivity (Wildman–Crippen MR) is 148 cm³/mol. The third-order valence-corrected chi connectivity index (χ3v) is 6.93. The first kappa shape index (κ1) is 27.7. The molecule has 1 saturated heterocycles. The number of hydrogen-bond donors (Lipinski definition) is 3. The molecule has 0 spiro atoms. The van der Waals surface area contributed by atoms with Crippen LogP contribution in [0.3, 0.4) is 0 Å². The molecule has 202 valence electrons. The van der Waals surface area contributed by atoms with Gasteiger partial charge in [0.05, 0.1) is 29.4 Å². The Kier molecular flexibility index (Phi) is 9.59. The van der Waals surface area contributed by atoms with Gasteiger partial charge >= 0.3 is 0 Å². The van der Waals surface area contributed by atoms with Crippen molar-refractivity contribution in [3.05, 3.63) is 83.2 Å². The molecule has 3 aromatic rings. The molecule has 2 amide bonds. The Balaban J connectivity index is 1.55. The van der Waals surface area contributed by atoms with Crippen molar-refractivity contribution in [1.29, 1.82) is 5.26 Å². The molecule has 8 nitrogen and oxygen atoms in total. The van der Waals surface area contributed by atoms with Crippen LogP contribution in [-0.2, 0) is 11.2 Å². The number of nitrogens with zero attached hydrogens (tertiary/aromatic N) is 3. The van der Waals surface area contributed by atoms with Gasteiger partial charge in [-0.2, -0.15) is 5.26 Å².